The summed E-state index contributed by atoms with van der Waals surface area (Å²) in [6, 6.07) is 8.63. The summed E-state index contributed by atoms with van der Waals surface area (Å²) >= 11 is 12.0. The van der Waals surface area contributed by atoms with Crippen molar-refractivity contribution in [3.8, 4) is 0 Å². The van der Waals surface area contributed by atoms with E-state index in [9.17, 15) is 18.0 Å². The number of esters is 1. The van der Waals surface area contributed by atoms with E-state index in [0.717, 1.165) is 11.6 Å². The maximum atomic E-state index is 12.4. The molecule has 2 aromatic carbocycles. The van der Waals surface area contributed by atoms with Crippen molar-refractivity contribution in [3.63, 3.8) is 0 Å². The average Bonchev–Trinajstić information content (AvgIpc) is 2.67. The number of ether oxygens (including phenoxy) is 1. The van der Waals surface area contributed by atoms with Crippen molar-refractivity contribution in [2.75, 3.05) is 26.1 Å². The Labute approximate surface area is 178 Å². The van der Waals surface area contributed by atoms with Gasteiger partial charge in [-0.1, -0.05) is 33.7 Å². The van der Waals surface area contributed by atoms with Crippen LogP contribution >= 0.6 is 23.2 Å². The van der Waals surface area contributed by atoms with Gasteiger partial charge in [-0.3, -0.25) is 9.63 Å². The van der Waals surface area contributed by atoms with Crippen molar-refractivity contribution in [3.05, 3.63) is 57.6 Å². The van der Waals surface area contributed by atoms with E-state index in [4.69, 9.17) is 27.9 Å². The highest BCUT2D eigenvalue weighted by molar-refractivity contribution is 7.89. The smallest absolute Gasteiger partial charge is 0.338 e. The highest BCUT2D eigenvalue weighted by atomic mass is 35.5. The minimum absolute atomic E-state index is 0.0985. The third-order valence-corrected chi connectivity index (χ3v) is 6.25. The number of halogens is 2. The van der Waals surface area contributed by atoms with E-state index >= 15 is 0 Å². The number of hydroxylamine groups is 1. The first-order valence-corrected chi connectivity index (χ1v) is 10.3. The number of sulfonamides is 1. The molecule has 0 heterocycles. The monoisotopic (exact) mass is 460 g/mol. The van der Waals surface area contributed by atoms with Crippen molar-refractivity contribution in [1.29, 1.82) is 0 Å². The first-order valence-electron chi connectivity index (χ1n) is 8.12. The lowest BCUT2D eigenvalue weighted by atomic mass is 10.2. The Morgan fingerprint density at radius 2 is 1.79 bits per heavy atom. The molecule has 29 heavy (non-hydrogen) atoms. The van der Waals surface area contributed by atoms with Gasteiger partial charge in [-0.05, 0) is 42.8 Å². The Morgan fingerprint density at radius 1 is 1.10 bits per heavy atom. The maximum absolute atomic E-state index is 12.4. The van der Waals surface area contributed by atoms with Gasteiger partial charge < -0.3 is 10.1 Å². The first-order chi connectivity index (χ1) is 13.6. The van der Waals surface area contributed by atoms with E-state index in [1.807, 2.05) is 6.92 Å². The molecule has 0 bridgehead atoms. The zero-order chi connectivity index (χ0) is 21.8. The Kier molecular flexibility index (Phi) is 7.61. The molecular formula is C18H18Cl2N2O6S. The molecule has 2 rings (SSSR count). The second-order valence-corrected chi connectivity index (χ2v) is 8.57. The van der Waals surface area contributed by atoms with E-state index in [0.29, 0.717) is 15.2 Å². The van der Waals surface area contributed by atoms with Crippen molar-refractivity contribution in [1.82, 2.24) is 4.47 Å². The molecule has 0 spiro atoms. The summed E-state index contributed by atoms with van der Waals surface area (Å²) in [7, 11) is -1.73. The zero-order valence-electron chi connectivity index (χ0n) is 15.7. The Balaban J connectivity index is 2.09. The number of hydrogen-bond donors (Lipinski definition) is 1. The Morgan fingerprint density at radius 3 is 2.41 bits per heavy atom. The van der Waals surface area contributed by atoms with Crippen LogP contribution in [0.15, 0.2) is 41.3 Å². The summed E-state index contributed by atoms with van der Waals surface area (Å²) < 4.78 is 30.3. The number of aryl methyl sites for hydroxylation is 1. The largest absolute Gasteiger partial charge is 0.452 e. The highest BCUT2D eigenvalue weighted by Gasteiger charge is 2.25. The molecule has 1 amide bonds. The van der Waals surface area contributed by atoms with Crippen LogP contribution in [-0.4, -0.2) is 45.5 Å². The number of amides is 1. The van der Waals surface area contributed by atoms with E-state index < -0.39 is 28.5 Å². The van der Waals surface area contributed by atoms with Crippen LogP contribution in [0.2, 0.25) is 10.0 Å². The number of nitrogens with zero attached hydrogens (tertiary/aromatic N) is 1. The third-order valence-electron chi connectivity index (χ3n) is 3.77. The van der Waals surface area contributed by atoms with Crippen LogP contribution < -0.4 is 5.32 Å². The van der Waals surface area contributed by atoms with Crippen molar-refractivity contribution in [2.24, 2.45) is 0 Å². The molecular weight excluding hydrogens is 443 g/mol. The summed E-state index contributed by atoms with van der Waals surface area (Å²) in [6.07, 6.45) is 0. The predicted octanol–water partition coefficient (Wildman–Crippen LogP) is 3.28. The molecule has 0 atom stereocenters. The highest BCUT2D eigenvalue weighted by Crippen LogP contribution is 2.26. The van der Waals surface area contributed by atoms with Gasteiger partial charge >= 0.3 is 5.97 Å². The van der Waals surface area contributed by atoms with Gasteiger partial charge in [0.1, 0.15) is 4.90 Å². The van der Waals surface area contributed by atoms with Crippen LogP contribution in [0.4, 0.5) is 5.69 Å². The molecule has 156 valence electrons. The Bertz CT molecular complexity index is 1040. The molecule has 0 fully saturated rings. The number of hydrogen-bond acceptors (Lipinski definition) is 6. The molecule has 0 aromatic heterocycles. The lowest BCUT2D eigenvalue weighted by Crippen LogP contribution is -2.26. The second-order valence-electron chi connectivity index (χ2n) is 5.85. The van der Waals surface area contributed by atoms with Crippen LogP contribution in [0.25, 0.3) is 0 Å². The molecule has 0 radical (unpaired) electrons. The summed E-state index contributed by atoms with van der Waals surface area (Å²) in [5.41, 5.74) is 1.20. The van der Waals surface area contributed by atoms with Crippen molar-refractivity contribution in [2.45, 2.75) is 11.8 Å². The van der Waals surface area contributed by atoms with Gasteiger partial charge in [0.15, 0.2) is 6.61 Å². The van der Waals surface area contributed by atoms with Gasteiger partial charge in [0.2, 0.25) is 0 Å². The van der Waals surface area contributed by atoms with Crippen molar-refractivity contribution < 1.29 is 27.6 Å². The summed E-state index contributed by atoms with van der Waals surface area (Å²) in [4.78, 5) is 28.6. The molecule has 0 unspecified atom stereocenters. The lowest BCUT2D eigenvalue weighted by Gasteiger charge is -2.15. The predicted molar refractivity (Wildman–Crippen MR) is 109 cm³/mol. The summed E-state index contributed by atoms with van der Waals surface area (Å²) in [5.74, 6) is -1.51. The molecule has 0 aliphatic rings. The van der Waals surface area contributed by atoms with Crippen LogP contribution in [0, 0.1) is 6.92 Å². The molecule has 0 saturated heterocycles. The van der Waals surface area contributed by atoms with Crippen LogP contribution in [0.1, 0.15) is 15.9 Å². The summed E-state index contributed by atoms with van der Waals surface area (Å²) in [5, 5.41) is 2.77. The maximum Gasteiger partial charge on any atom is 0.338 e. The summed E-state index contributed by atoms with van der Waals surface area (Å²) in [6.45, 7) is 1.26. The quantitative estimate of drug-likeness (QED) is 0.502. The first kappa shape index (κ1) is 23.1. The number of carbonyl (C=O) groups is 2. The van der Waals surface area contributed by atoms with E-state index in [1.165, 1.54) is 26.3 Å². The second kappa shape index (κ2) is 9.55. The molecule has 0 aliphatic carbocycles. The third kappa shape index (κ3) is 5.68. The molecule has 11 heteroatoms. The SMILES string of the molecule is CON(C)S(=O)(=O)c1cc(C(=O)OCC(=O)Nc2ccc(C)cc2Cl)ccc1Cl. The van der Waals surface area contributed by atoms with Gasteiger partial charge in [-0.15, -0.1) is 0 Å². The van der Waals surface area contributed by atoms with Crippen LogP contribution in [0.5, 0.6) is 0 Å². The minimum Gasteiger partial charge on any atom is -0.452 e. The van der Waals surface area contributed by atoms with E-state index in [1.54, 1.807) is 18.2 Å². The number of rotatable bonds is 7. The lowest BCUT2D eigenvalue weighted by molar-refractivity contribution is -0.119. The molecule has 2 aromatic rings. The molecule has 1 N–H and O–H groups in total. The van der Waals surface area contributed by atoms with E-state index in [2.05, 4.69) is 10.2 Å². The van der Waals surface area contributed by atoms with Crippen LogP contribution in [-0.2, 0) is 24.4 Å². The number of anilines is 1. The van der Waals surface area contributed by atoms with Gasteiger partial charge in [0, 0.05) is 7.05 Å². The fraction of sp³-hybridized carbons (Fsp3) is 0.222. The zero-order valence-corrected chi connectivity index (χ0v) is 18.1. The number of carbonyl (C=O) groups excluding carboxylic acids is 2. The molecule has 0 aliphatic heterocycles. The van der Waals surface area contributed by atoms with Gasteiger partial charge in [0.05, 0.1) is 28.4 Å². The fourth-order valence-electron chi connectivity index (χ4n) is 2.19. The topological polar surface area (TPSA) is 102 Å². The number of nitrogens with one attached hydrogen (secondary N) is 1. The minimum atomic E-state index is -4.08. The normalized spacial score (nSPS) is 11.4. The molecule has 8 nitrogen and oxygen atoms in total. The van der Waals surface area contributed by atoms with Crippen molar-refractivity contribution >= 4 is 50.8 Å². The Hall–Kier alpha value is -2.17. The van der Waals surface area contributed by atoms with Gasteiger partial charge in [0.25, 0.3) is 15.9 Å². The van der Waals surface area contributed by atoms with Crippen LogP contribution in [0.3, 0.4) is 0 Å². The van der Waals surface area contributed by atoms with E-state index in [-0.39, 0.29) is 15.5 Å². The van der Waals surface area contributed by atoms with Gasteiger partial charge in [-0.25, -0.2) is 13.2 Å². The molecule has 0 saturated carbocycles. The van der Waals surface area contributed by atoms with Gasteiger partial charge in [-0.2, -0.15) is 0 Å². The average molecular weight is 461 g/mol. The number of benzene rings is 2. The standard InChI is InChI=1S/C18H18Cl2N2O6S/c1-11-4-7-15(14(20)8-11)21-17(23)10-28-18(24)12-5-6-13(19)16(9-12)29(25,26)22(2)27-3/h4-9H,10H2,1-3H3,(H,21,23). The fourth-order valence-corrected chi connectivity index (χ4v) is 3.94.